The van der Waals surface area contributed by atoms with Crippen LogP contribution >= 0.6 is 23.2 Å². The second-order valence-corrected chi connectivity index (χ2v) is 6.17. The van der Waals surface area contributed by atoms with E-state index < -0.39 is 0 Å². The Bertz CT molecular complexity index is 746. The van der Waals surface area contributed by atoms with Crippen LogP contribution in [0, 0.1) is 0 Å². The maximum atomic E-state index is 12.0. The molecule has 3 rings (SSSR count). The van der Waals surface area contributed by atoms with E-state index in [1.54, 1.807) is 18.2 Å². The van der Waals surface area contributed by atoms with Gasteiger partial charge in [0.15, 0.2) is 18.1 Å². The lowest BCUT2D eigenvalue weighted by atomic mass is 10.1. The second-order valence-electron chi connectivity index (χ2n) is 5.30. The van der Waals surface area contributed by atoms with Crippen molar-refractivity contribution >= 4 is 29.1 Å². The van der Waals surface area contributed by atoms with Crippen LogP contribution in [0.1, 0.15) is 18.5 Å². The lowest BCUT2D eigenvalue weighted by Crippen LogP contribution is -2.31. The average Bonchev–Trinajstić information content (AvgIpc) is 2.99. The van der Waals surface area contributed by atoms with Gasteiger partial charge in [-0.2, -0.15) is 0 Å². The van der Waals surface area contributed by atoms with Gasteiger partial charge in [-0.25, -0.2) is 0 Å². The Balaban J connectivity index is 1.56. The lowest BCUT2D eigenvalue weighted by molar-refractivity contribution is -0.123. The molecule has 24 heavy (non-hydrogen) atoms. The first-order chi connectivity index (χ1) is 11.5. The fourth-order valence-corrected chi connectivity index (χ4v) is 2.82. The maximum absolute atomic E-state index is 12.0. The molecule has 1 heterocycles. The van der Waals surface area contributed by atoms with Crippen LogP contribution in [-0.4, -0.2) is 19.3 Å². The molecule has 0 aliphatic carbocycles. The predicted molar refractivity (Wildman–Crippen MR) is 91.1 cm³/mol. The summed E-state index contributed by atoms with van der Waals surface area (Å²) in [5.74, 6) is 1.58. The second kappa shape index (κ2) is 7.20. The number of hydrogen-bond donors (Lipinski definition) is 1. The molecule has 0 saturated heterocycles. The number of amides is 1. The van der Waals surface area contributed by atoms with E-state index in [4.69, 9.17) is 37.4 Å². The Morgan fingerprint density at radius 1 is 1.17 bits per heavy atom. The van der Waals surface area contributed by atoms with Gasteiger partial charge in [-0.15, -0.1) is 0 Å². The van der Waals surface area contributed by atoms with E-state index >= 15 is 0 Å². The van der Waals surface area contributed by atoms with Gasteiger partial charge in [-0.3, -0.25) is 4.79 Å². The minimum Gasteiger partial charge on any atom is -0.484 e. The molecule has 5 nitrogen and oxygen atoms in total. The number of nitrogens with one attached hydrogen (secondary N) is 1. The number of ether oxygens (including phenoxy) is 3. The topological polar surface area (TPSA) is 56.8 Å². The smallest absolute Gasteiger partial charge is 0.258 e. The normalized spacial score (nSPS) is 13.5. The summed E-state index contributed by atoms with van der Waals surface area (Å²) in [6.07, 6.45) is 0. The quantitative estimate of drug-likeness (QED) is 0.868. The number of rotatable bonds is 5. The van der Waals surface area contributed by atoms with Crippen LogP contribution in [0.3, 0.4) is 0 Å². The molecule has 1 atom stereocenters. The summed E-state index contributed by atoms with van der Waals surface area (Å²) in [6.45, 7) is 1.97. The summed E-state index contributed by atoms with van der Waals surface area (Å²) in [7, 11) is 0. The van der Waals surface area contributed by atoms with Crippen molar-refractivity contribution in [2.24, 2.45) is 0 Å². The fourth-order valence-electron chi connectivity index (χ4n) is 2.31. The van der Waals surface area contributed by atoms with Crippen molar-refractivity contribution in [1.29, 1.82) is 0 Å². The zero-order chi connectivity index (χ0) is 17.1. The molecule has 1 N–H and O–H groups in total. The van der Waals surface area contributed by atoms with E-state index in [2.05, 4.69) is 5.32 Å². The molecule has 2 aromatic carbocycles. The highest BCUT2D eigenvalue weighted by Crippen LogP contribution is 2.34. The van der Waals surface area contributed by atoms with Crippen LogP contribution in [0.2, 0.25) is 10.0 Å². The third-order valence-electron chi connectivity index (χ3n) is 3.48. The van der Waals surface area contributed by atoms with Crippen molar-refractivity contribution in [3.05, 3.63) is 52.0 Å². The molecular weight excluding hydrogens is 353 g/mol. The molecule has 1 amide bonds. The van der Waals surface area contributed by atoms with Crippen LogP contribution in [-0.2, 0) is 4.79 Å². The van der Waals surface area contributed by atoms with Gasteiger partial charge in [0.05, 0.1) is 6.04 Å². The Kier molecular flexibility index (Phi) is 5.02. The fraction of sp³-hybridized carbons (Fsp3) is 0.235. The van der Waals surface area contributed by atoms with Crippen molar-refractivity contribution in [3.8, 4) is 17.2 Å². The van der Waals surface area contributed by atoms with Gasteiger partial charge in [0, 0.05) is 10.0 Å². The summed E-state index contributed by atoms with van der Waals surface area (Å²) in [4.78, 5) is 12.0. The maximum Gasteiger partial charge on any atom is 0.258 e. The van der Waals surface area contributed by atoms with Gasteiger partial charge in [0.2, 0.25) is 6.79 Å². The summed E-state index contributed by atoms with van der Waals surface area (Å²) in [5, 5.41) is 3.76. The molecule has 0 bridgehead atoms. The molecule has 0 unspecified atom stereocenters. The number of carbonyl (C=O) groups is 1. The van der Waals surface area contributed by atoms with E-state index in [1.807, 2.05) is 25.1 Å². The highest BCUT2D eigenvalue weighted by Gasteiger charge is 2.17. The summed E-state index contributed by atoms with van der Waals surface area (Å²) >= 11 is 11.8. The predicted octanol–water partition coefficient (Wildman–Crippen LogP) is 3.98. The minimum atomic E-state index is -0.253. The SMILES string of the molecule is C[C@@H](NC(=O)COc1cc(Cl)cc(Cl)c1)c1ccc2c(c1)OCO2. The zero-order valence-corrected chi connectivity index (χ0v) is 14.4. The average molecular weight is 368 g/mol. The first-order valence-electron chi connectivity index (χ1n) is 7.29. The molecule has 0 radical (unpaired) electrons. The summed E-state index contributed by atoms with van der Waals surface area (Å²) in [5.41, 5.74) is 0.915. The van der Waals surface area contributed by atoms with Crippen LogP contribution in [0.5, 0.6) is 17.2 Å². The first-order valence-corrected chi connectivity index (χ1v) is 8.04. The molecule has 0 saturated carbocycles. The van der Waals surface area contributed by atoms with E-state index in [1.165, 1.54) is 0 Å². The van der Waals surface area contributed by atoms with Crippen LogP contribution in [0.25, 0.3) is 0 Å². The van der Waals surface area contributed by atoms with E-state index in [0.717, 1.165) is 5.56 Å². The monoisotopic (exact) mass is 367 g/mol. The van der Waals surface area contributed by atoms with Crippen LogP contribution in [0.15, 0.2) is 36.4 Å². The minimum absolute atomic E-state index is 0.133. The molecule has 1 aliphatic rings. The number of hydrogen-bond acceptors (Lipinski definition) is 4. The molecule has 1 aliphatic heterocycles. The highest BCUT2D eigenvalue weighted by molar-refractivity contribution is 6.34. The number of halogens is 2. The Morgan fingerprint density at radius 2 is 1.88 bits per heavy atom. The standard InChI is InChI=1S/C17H15Cl2NO4/c1-10(11-2-3-15-16(4-11)24-9-23-15)20-17(21)8-22-14-6-12(18)5-13(19)7-14/h2-7,10H,8-9H2,1H3,(H,20,21)/t10-/m1/s1. The first kappa shape index (κ1) is 16.7. The van der Waals surface area contributed by atoms with Crippen LogP contribution < -0.4 is 19.5 Å². The van der Waals surface area contributed by atoms with E-state index in [9.17, 15) is 4.79 Å². The van der Waals surface area contributed by atoms with Crippen LogP contribution in [0.4, 0.5) is 0 Å². The number of fused-ring (bicyclic) bond motifs is 1. The molecule has 0 spiro atoms. The van der Waals surface area contributed by atoms with Crippen molar-refractivity contribution in [1.82, 2.24) is 5.32 Å². The molecule has 7 heteroatoms. The molecule has 0 aromatic heterocycles. The van der Waals surface area contributed by atoms with E-state index in [0.29, 0.717) is 27.3 Å². The lowest BCUT2D eigenvalue weighted by Gasteiger charge is -2.15. The summed E-state index contributed by atoms with van der Waals surface area (Å²) in [6, 6.07) is 10.2. The van der Waals surface area contributed by atoms with Crippen molar-refractivity contribution < 1.29 is 19.0 Å². The van der Waals surface area contributed by atoms with Crippen molar-refractivity contribution in [2.45, 2.75) is 13.0 Å². The Morgan fingerprint density at radius 3 is 2.62 bits per heavy atom. The largest absolute Gasteiger partial charge is 0.484 e. The van der Waals surface area contributed by atoms with Crippen molar-refractivity contribution in [3.63, 3.8) is 0 Å². The Hall–Kier alpha value is -2.11. The van der Waals surface area contributed by atoms with Gasteiger partial charge < -0.3 is 19.5 Å². The molecule has 126 valence electrons. The van der Waals surface area contributed by atoms with Crippen molar-refractivity contribution in [2.75, 3.05) is 13.4 Å². The molecule has 2 aromatic rings. The number of carbonyl (C=O) groups excluding carboxylic acids is 1. The third-order valence-corrected chi connectivity index (χ3v) is 3.92. The van der Waals surface area contributed by atoms with Gasteiger partial charge in [-0.05, 0) is 42.8 Å². The Labute approximate surface area is 149 Å². The van der Waals surface area contributed by atoms with Gasteiger partial charge in [0.25, 0.3) is 5.91 Å². The zero-order valence-electron chi connectivity index (χ0n) is 12.8. The third kappa shape index (κ3) is 4.04. The summed E-state index contributed by atoms with van der Waals surface area (Å²) < 4.78 is 16.0. The van der Waals surface area contributed by atoms with Gasteiger partial charge >= 0.3 is 0 Å². The highest BCUT2D eigenvalue weighted by atomic mass is 35.5. The molecular formula is C17H15Cl2NO4. The van der Waals surface area contributed by atoms with Gasteiger partial charge in [-0.1, -0.05) is 29.3 Å². The number of benzene rings is 2. The van der Waals surface area contributed by atoms with E-state index in [-0.39, 0.29) is 25.3 Å². The van der Waals surface area contributed by atoms with Gasteiger partial charge in [0.1, 0.15) is 5.75 Å². The molecule has 0 fully saturated rings.